The molecule has 0 unspecified atom stereocenters. The fraction of sp³-hybridized carbons (Fsp3) is 0.300. The number of para-hydroxylation sites is 1. The van der Waals surface area contributed by atoms with Crippen molar-refractivity contribution < 1.29 is 14.3 Å². The second-order valence-electron chi connectivity index (χ2n) is 6.58. The highest BCUT2D eigenvalue weighted by Crippen LogP contribution is 2.28. The predicted octanol–water partition coefficient (Wildman–Crippen LogP) is 2.75. The molecule has 0 bridgehead atoms. The molecule has 1 aliphatic heterocycles. The normalized spacial score (nSPS) is 13.7. The number of hydrogen-bond donors (Lipinski definition) is 0. The van der Waals surface area contributed by atoms with Gasteiger partial charge in [0, 0.05) is 25.5 Å². The Morgan fingerprint density at radius 3 is 2.77 bits per heavy atom. The van der Waals surface area contributed by atoms with E-state index in [1.807, 2.05) is 47.0 Å². The Balaban J connectivity index is 1.71. The van der Waals surface area contributed by atoms with Crippen LogP contribution >= 0.6 is 0 Å². The third-order valence-electron chi connectivity index (χ3n) is 5.05. The molecule has 0 spiro atoms. The van der Waals surface area contributed by atoms with Gasteiger partial charge in [-0.05, 0) is 36.6 Å². The largest absolute Gasteiger partial charge is 0.464 e. The van der Waals surface area contributed by atoms with Gasteiger partial charge in [0.25, 0.3) is 0 Å². The number of aryl methyl sites for hydroxylation is 2. The number of ether oxygens (including phenoxy) is 1. The number of anilines is 1. The van der Waals surface area contributed by atoms with Gasteiger partial charge in [0.15, 0.2) is 0 Å². The number of hydrogen-bond acceptors (Lipinski definition) is 3. The molecule has 3 heterocycles. The molecule has 2 aromatic heterocycles. The molecular weight excluding hydrogens is 330 g/mol. The average molecular weight is 351 g/mol. The van der Waals surface area contributed by atoms with E-state index < -0.39 is 5.97 Å². The molecule has 6 heteroatoms. The van der Waals surface area contributed by atoms with Crippen LogP contribution in [0.4, 0.5) is 5.69 Å². The van der Waals surface area contributed by atoms with Crippen LogP contribution in [0.25, 0.3) is 11.0 Å². The van der Waals surface area contributed by atoms with E-state index in [9.17, 15) is 9.59 Å². The van der Waals surface area contributed by atoms with Gasteiger partial charge >= 0.3 is 5.97 Å². The number of nitrogens with zero attached hydrogens (tertiary/aromatic N) is 3. The molecule has 3 aromatic rings. The first-order valence-corrected chi connectivity index (χ1v) is 8.71. The van der Waals surface area contributed by atoms with Gasteiger partial charge in [0.2, 0.25) is 5.91 Å². The number of benzene rings is 1. The van der Waals surface area contributed by atoms with Crippen LogP contribution in [-0.4, -0.2) is 34.7 Å². The van der Waals surface area contributed by atoms with E-state index in [1.54, 1.807) is 10.6 Å². The van der Waals surface area contributed by atoms with Crippen molar-refractivity contribution in [3.05, 3.63) is 53.9 Å². The summed E-state index contributed by atoms with van der Waals surface area (Å²) < 4.78 is 8.59. The summed E-state index contributed by atoms with van der Waals surface area (Å²) in [4.78, 5) is 27.1. The van der Waals surface area contributed by atoms with Crippen molar-refractivity contribution in [3.8, 4) is 0 Å². The van der Waals surface area contributed by atoms with Gasteiger partial charge in [-0.1, -0.05) is 18.2 Å². The molecule has 0 radical (unpaired) electrons. The molecule has 0 atom stereocenters. The van der Waals surface area contributed by atoms with Crippen LogP contribution in [-0.2, 0) is 29.5 Å². The van der Waals surface area contributed by atoms with Gasteiger partial charge < -0.3 is 18.8 Å². The summed E-state index contributed by atoms with van der Waals surface area (Å²) >= 11 is 0. The standard InChI is InChI=1S/C20H21N3O3/c1-21-11-9-16-17(21)12-18(20(25)26-2)23(16)13-19(24)22-10-5-7-14-6-3-4-8-15(14)22/h3-4,6,8-9,11-12H,5,7,10,13H2,1-2H3. The third-order valence-corrected chi connectivity index (χ3v) is 5.05. The molecule has 0 aliphatic carbocycles. The molecule has 0 saturated carbocycles. The molecular formula is C20H21N3O3. The minimum absolute atomic E-state index is 0.0244. The van der Waals surface area contributed by atoms with Crippen molar-refractivity contribution in [2.45, 2.75) is 19.4 Å². The smallest absolute Gasteiger partial charge is 0.354 e. The number of esters is 1. The lowest BCUT2D eigenvalue weighted by Crippen LogP contribution is -2.38. The summed E-state index contributed by atoms with van der Waals surface area (Å²) in [5.74, 6) is -0.461. The maximum Gasteiger partial charge on any atom is 0.354 e. The van der Waals surface area contributed by atoms with Gasteiger partial charge in [-0.25, -0.2) is 4.79 Å². The summed E-state index contributed by atoms with van der Waals surface area (Å²) in [5.41, 5.74) is 4.31. The fourth-order valence-electron chi connectivity index (χ4n) is 3.73. The predicted molar refractivity (Wildman–Crippen MR) is 99.4 cm³/mol. The molecule has 0 saturated heterocycles. The van der Waals surface area contributed by atoms with E-state index in [0.717, 1.165) is 29.6 Å². The second-order valence-corrected chi connectivity index (χ2v) is 6.58. The Kier molecular flexibility index (Phi) is 4.03. The number of methoxy groups -OCH3 is 1. The van der Waals surface area contributed by atoms with Crippen molar-refractivity contribution in [2.24, 2.45) is 7.05 Å². The van der Waals surface area contributed by atoms with Gasteiger partial charge in [-0.3, -0.25) is 4.79 Å². The van der Waals surface area contributed by atoms with Gasteiger partial charge in [-0.15, -0.1) is 0 Å². The maximum atomic E-state index is 13.1. The number of carbonyl (C=O) groups is 2. The molecule has 1 aromatic carbocycles. The van der Waals surface area contributed by atoms with Crippen molar-refractivity contribution in [3.63, 3.8) is 0 Å². The van der Waals surface area contributed by atoms with Crippen molar-refractivity contribution in [1.82, 2.24) is 9.13 Å². The highest BCUT2D eigenvalue weighted by molar-refractivity contribution is 5.99. The van der Waals surface area contributed by atoms with Crippen LogP contribution in [0, 0.1) is 0 Å². The fourth-order valence-corrected chi connectivity index (χ4v) is 3.73. The van der Waals surface area contributed by atoms with Gasteiger partial charge in [0.05, 0.1) is 18.1 Å². The van der Waals surface area contributed by atoms with Crippen molar-refractivity contribution in [2.75, 3.05) is 18.6 Å². The summed E-state index contributed by atoms with van der Waals surface area (Å²) in [6.07, 6.45) is 3.85. The Morgan fingerprint density at radius 2 is 1.96 bits per heavy atom. The quantitative estimate of drug-likeness (QED) is 0.682. The number of amides is 1. The van der Waals surface area contributed by atoms with Crippen LogP contribution in [0.1, 0.15) is 22.5 Å². The Labute approximate surface area is 151 Å². The summed E-state index contributed by atoms with van der Waals surface area (Å²) in [6.45, 7) is 0.800. The molecule has 4 rings (SSSR count). The lowest BCUT2D eigenvalue weighted by Gasteiger charge is -2.29. The second kappa shape index (κ2) is 6.37. The summed E-state index contributed by atoms with van der Waals surface area (Å²) in [7, 11) is 3.27. The van der Waals surface area contributed by atoms with Crippen LogP contribution in [0.3, 0.4) is 0 Å². The number of fused-ring (bicyclic) bond motifs is 2. The Morgan fingerprint density at radius 1 is 1.15 bits per heavy atom. The van der Waals surface area contributed by atoms with E-state index in [2.05, 4.69) is 6.07 Å². The van der Waals surface area contributed by atoms with Crippen LogP contribution in [0.2, 0.25) is 0 Å². The highest BCUT2D eigenvalue weighted by atomic mass is 16.5. The SMILES string of the molecule is COC(=O)c1cc2c(ccn2C)n1CC(=O)N1CCCc2ccccc21. The van der Waals surface area contributed by atoms with E-state index in [4.69, 9.17) is 4.74 Å². The summed E-state index contributed by atoms with van der Waals surface area (Å²) in [6, 6.07) is 11.7. The zero-order valence-corrected chi connectivity index (χ0v) is 14.9. The first kappa shape index (κ1) is 16.4. The Hall–Kier alpha value is -3.02. The van der Waals surface area contributed by atoms with E-state index in [1.165, 1.54) is 12.7 Å². The third kappa shape index (κ3) is 2.58. The molecule has 26 heavy (non-hydrogen) atoms. The lowest BCUT2D eigenvalue weighted by molar-refractivity contribution is -0.119. The molecule has 134 valence electrons. The minimum Gasteiger partial charge on any atom is -0.464 e. The Bertz CT molecular complexity index is 999. The minimum atomic E-state index is -0.437. The van der Waals surface area contributed by atoms with Crippen molar-refractivity contribution >= 4 is 28.6 Å². The first-order chi connectivity index (χ1) is 12.6. The number of rotatable bonds is 3. The average Bonchev–Trinajstić information content (AvgIpc) is 3.21. The molecule has 0 N–H and O–H groups in total. The summed E-state index contributed by atoms with van der Waals surface area (Å²) in [5, 5.41) is 0. The highest BCUT2D eigenvalue weighted by Gasteiger charge is 2.25. The van der Waals surface area contributed by atoms with Crippen LogP contribution in [0.15, 0.2) is 42.6 Å². The van der Waals surface area contributed by atoms with Crippen molar-refractivity contribution in [1.29, 1.82) is 0 Å². The molecule has 1 aliphatic rings. The number of carbonyl (C=O) groups excluding carboxylic acids is 2. The zero-order valence-electron chi connectivity index (χ0n) is 14.9. The first-order valence-electron chi connectivity index (χ1n) is 8.71. The topological polar surface area (TPSA) is 56.5 Å². The zero-order chi connectivity index (χ0) is 18.3. The van der Waals surface area contributed by atoms with E-state index >= 15 is 0 Å². The molecule has 1 amide bonds. The maximum absolute atomic E-state index is 13.1. The van der Waals surface area contributed by atoms with E-state index in [0.29, 0.717) is 12.2 Å². The monoisotopic (exact) mass is 351 g/mol. The molecule has 6 nitrogen and oxygen atoms in total. The van der Waals surface area contributed by atoms with Crippen LogP contribution < -0.4 is 4.90 Å². The number of aromatic nitrogens is 2. The van der Waals surface area contributed by atoms with Gasteiger partial charge in [0.1, 0.15) is 12.2 Å². The molecule has 0 fully saturated rings. The van der Waals surface area contributed by atoms with Gasteiger partial charge in [-0.2, -0.15) is 0 Å². The van der Waals surface area contributed by atoms with Crippen LogP contribution in [0.5, 0.6) is 0 Å². The van der Waals surface area contributed by atoms with E-state index in [-0.39, 0.29) is 12.5 Å². The lowest BCUT2D eigenvalue weighted by atomic mass is 10.0.